The van der Waals surface area contributed by atoms with Gasteiger partial charge in [0.25, 0.3) is 0 Å². The minimum atomic E-state index is -0.391. The van der Waals surface area contributed by atoms with Crippen molar-refractivity contribution in [2.75, 3.05) is 19.6 Å². The van der Waals surface area contributed by atoms with Crippen molar-refractivity contribution < 1.29 is 9.59 Å². The minimum absolute atomic E-state index is 0.0765. The molecule has 1 aliphatic heterocycles. The summed E-state index contributed by atoms with van der Waals surface area (Å²) in [7, 11) is 0. The first kappa shape index (κ1) is 14.5. The van der Waals surface area contributed by atoms with E-state index >= 15 is 0 Å². The Morgan fingerprint density at radius 2 is 2.40 bits per heavy atom. The van der Waals surface area contributed by atoms with Gasteiger partial charge in [0.15, 0.2) is 0 Å². The summed E-state index contributed by atoms with van der Waals surface area (Å²) in [4.78, 5) is 23.4. The Kier molecular flexibility index (Phi) is 5.55. The van der Waals surface area contributed by atoms with Crippen LogP contribution in [0.4, 0.5) is 0 Å². The number of hydrogen-bond donors (Lipinski definition) is 3. The Morgan fingerprint density at radius 1 is 1.50 bits per heavy atom. The number of nitrogens with zero attached hydrogens (tertiary/aromatic N) is 2. The molecule has 0 bridgehead atoms. The predicted molar refractivity (Wildman–Crippen MR) is 73.9 cm³/mol. The molecule has 1 aliphatic rings. The van der Waals surface area contributed by atoms with E-state index in [4.69, 9.17) is 0 Å². The molecule has 1 aromatic heterocycles. The number of amides is 2. The summed E-state index contributed by atoms with van der Waals surface area (Å²) in [6, 6.07) is 1.47. The van der Waals surface area contributed by atoms with Crippen LogP contribution in [0.5, 0.6) is 0 Å². The van der Waals surface area contributed by atoms with Crippen LogP contribution < -0.4 is 16.0 Å². The van der Waals surface area contributed by atoms with E-state index in [-0.39, 0.29) is 18.4 Å². The smallest absolute Gasteiger partial charge is 0.242 e. The zero-order valence-electron chi connectivity index (χ0n) is 11.5. The topological polar surface area (TPSA) is 88.1 Å². The highest BCUT2D eigenvalue weighted by molar-refractivity contribution is 5.88. The summed E-state index contributed by atoms with van der Waals surface area (Å²) in [5.41, 5.74) is 0. The molecule has 0 spiro atoms. The Morgan fingerprint density at radius 3 is 3.20 bits per heavy atom. The first-order valence-corrected chi connectivity index (χ1v) is 7.01. The highest BCUT2D eigenvalue weighted by atomic mass is 16.2. The molecule has 2 amide bonds. The lowest BCUT2D eigenvalue weighted by atomic mass is 10.1. The van der Waals surface area contributed by atoms with Gasteiger partial charge in [0.05, 0.1) is 13.1 Å². The van der Waals surface area contributed by atoms with Crippen molar-refractivity contribution in [2.24, 2.45) is 0 Å². The molecule has 0 unspecified atom stereocenters. The molecule has 1 fully saturated rings. The van der Waals surface area contributed by atoms with E-state index in [2.05, 4.69) is 21.0 Å². The van der Waals surface area contributed by atoms with Gasteiger partial charge in [0.1, 0.15) is 6.04 Å². The van der Waals surface area contributed by atoms with E-state index in [1.807, 2.05) is 12.3 Å². The number of nitrogens with one attached hydrogen (secondary N) is 3. The molecule has 20 heavy (non-hydrogen) atoms. The molecule has 3 N–H and O–H groups in total. The van der Waals surface area contributed by atoms with Crippen LogP contribution in [-0.4, -0.2) is 47.3 Å². The molecule has 1 aromatic rings. The van der Waals surface area contributed by atoms with Crippen molar-refractivity contribution in [1.82, 2.24) is 25.7 Å². The number of rotatable bonds is 6. The monoisotopic (exact) mass is 279 g/mol. The van der Waals surface area contributed by atoms with Crippen molar-refractivity contribution >= 4 is 11.8 Å². The zero-order valence-corrected chi connectivity index (χ0v) is 11.5. The first-order valence-electron chi connectivity index (χ1n) is 7.01. The van der Waals surface area contributed by atoms with E-state index in [9.17, 15) is 9.59 Å². The summed E-state index contributed by atoms with van der Waals surface area (Å²) >= 11 is 0. The third kappa shape index (κ3) is 4.65. The molecule has 1 atom stereocenters. The number of hydrogen-bond acceptors (Lipinski definition) is 4. The average Bonchev–Trinajstić information content (AvgIpc) is 2.87. The molecule has 7 nitrogen and oxygen atoms in total. The van der Waals surface area contributed by atoms with E-state index in [1.165, 1.54) is 0 Å². The number of aromatic nitrogens is 2. The summed E-state index contributed by atoms with van der Waals surface area (Å²) in [5.74, 6) is -0.222. The molecular weight excluding hydrogens is 258 g/mol. The van der Waals surface area contributed by atoms with Crippen molar-refractivity contribution in [2.45, 2.75) is 31.8 Å². The second kappa shape index (κ2) is 7.64. The predicted octanol–water partition coefficient (Wildman–Crippen LogP) is -0.742. The third-order valence-electron chi connectivity index (χ3n) is 3.23. The molecular formula is C13H21N5O2. The Hall–Kier alpha value is -1.89. The van der Waals surface area contributed by atoms with E-state index in [1.54, 1.807) is 10.9 Å². The van der Waals surface area contributed by atoms with Crippen LogP contribution >= 0.6 is 0 Å². The van der Waals surface area contributed by atoms with Gasteiger partial charge in [-0.15, -0.1) is 0 Å². The number of carbonyl (C=O) groups is 2. The maximum absolute atomic E-state index is 11.8. The normalized spacial score (nSPS) is 19.2. The standard InChI is InChI=1S/C13H21N5O2/c19-12(10-14-7-9-18-8-3-6-16-18)17-11-4-1-2-5-15-13(11)20/h3,6,8,11,14H,1-2,4-5,7,9-10H2,(H,15,20)(H,17,19)/t11-/m0/s1. The molecule has 2 heterocycles. The molecule has 110 valence electrons. The maximum Gasteiger partial charge on any atom is 0.242 e. The fourth-order valence-corrected chi connectivity index (χ4v) is 2.15. The number of carbonyl (C=O) groups excluding carboxylic acids is 2. The van der Waals surface area contributed by atoms with Crippen LogP contribution in [0.1, 0.15) is 19.3 Å². The maximum atomic E-state index is 11.8. The van der Waals surface area contributed by atoms with Gasteiger partial charge in [0, 0.05) is 25.5 Å². The van der Waals surface area contributed by atoms with Crippen LogP contribution in [0.25, 0.3) is 0 Å². The van der Waals surface area contributed by atoms with E-state index in [0.717, 1.165) is 12.8 Å². The fourth-order valence-electron chi connectivity index (χ4n) is 2.15. The summed E-state index contributed by atoms with van der Waals surface area (Å²) in [6.45, 7) is 2.29. The van der Waals surface area contributed by atoms with Gasteiger partial charge in [-0.05, 0) is 25.3 Å². The molecule has 0 radical (unpaired) electrons. The molecule has 1 saturated heterocycles. The van der Waals surface area contributed by atoms with Crippen molar-refractivity contribution in [3.63, 3.8) is 0 Å². The van der Waals surface area contributed by atoms with Gasteiger partial charge in [0.2, 0.25) is 11.8 Å². The van der Waals surface area contributed by atoms with E-state index < -0.39 is 6.04 Å². The van der Waals surface area contributed by atoms with Gasteiger partial charge in [-0.25, -0.2) is 0 Å². The summed E-state index contributed by atoms with van der Waals surface area (Å²) in [5, 5.41) is 12.7. The SMILES string of the molecule is O=C(CNCCn1cccn1)N[C@H]1CCCCNC1=O. The Labute approximate surface area is 118 Å². The Bertz CT molecular complexity index is 432. The zero-order chi connectivity index (χ0) is 14.2. The van der Waals surface area contributed by atoms with Crippen LogP contribution in [0.3, 0.4) is 0 Å². The quantitative estimate of drug-likeness (QED) is 0.598. The third-order valence-corrected chi connectivity index (χ3v) is 3.23. The molecule has 0 saturated carbocycles. The van der Waals surface area contributed by atoms with Gasteiger partial charge in [-0.1, -0.05) is 0 Å². The van der Waals surface area contributed by atoms with Gasteiger partial charge < -0.3 is 16.0 Å². The summed E-state index contributed by atoms with van der Waals surface area (Å²) in [6.07, 6.45) is 6.23. The second-order valence-electron chi connectivity index (χ2n) is 4.85. The van der Waals surface area contributed by atoms with Gasteiger partial charge >= 0.3 is 0 Å². The Balaban J connectivity index is 1.63. The lowest BCUT2D eigenvalue weighted by Gasteiger charge is -2.15. The first-order chi connectivity index (χ1) is 9.75. The lowest BCUT2D eigenvalue weighted by Crippen LogP contribution is -2.48. The minimum Gasteiger partial charge on any atom is -0.354 e. The highest BCUT2D eigenvalue weighted by Crippen LogP contribution is 2.04. The average molecular weight is 279 g/mol. The second-order valence-corrected chi connectivity index (χ2v) is 4.85. The summed E-state index contributed by atoms with van der Waals surface area (Å²) < 4.78 is 1.80. The van der Waals surface area contributed by atoms with Crippen molar-refractivity contribution in [1.29, 1.82) is 0 Å². The lowest BCUT2D eigenvalue weighted by molar-refractivity contribution is -0.128. The van der Waals surface area contributed by atoms with Crippen molar-refractivity contribution in [3.8, 4) is 0 Å². The van der Waals surface area contributed by atoms with Crippen molar-refractivity contribution in [3.05, 3.63) is 18.5 Å². The fraction of sp³-hybridized carbons (Fsp3) is 0.615. The van der Waals surface area contributed by atoms with Crippen LogP contribution in [-0.2, 0) is 16.1 Å². The van der Waals surface area contributed by atoms with Crippen LogP contribution in [0, 0.1) is 0 Å². The molecule has 0 aromatic carbocycles. The van der Waals surface area contributed by atoms with E-state index in [0.29, 0.717) is 26.1 Å². The van der Waals surface area contributed by atoms with Crippen LogP contribution in [0.2, 0.25) is 0 Å². The largest absolute Gasteiger partial charge is 0.354 e. The molecule has 0 aliphatic carbocycles. The van der Waals surface area contributed by atoms with Crippen LogP contribution in [0.15, 0.2) is 18.5 Å². The highest BCUT2D eigenvalue weighted by Gasteiger charge is 2.21. The van der Waals surface area contributed by atoms with Gasteiger partial charge in [-0.2, -0.15) is 5.10 Å². The molecule has 2 rings (SSSR count). The van der Waals surface area contributed by atoms with Gasteiger partial charge in [-0.3, -0.25) is 14.3 Å². The molecule has 7 heteroatoms.